The minimum absolute atomic E-state index is 0.200. The SMILES string of the molecule is Cc1ccc([Se]C2=CC(=O)OC2)cc1. The number of ether oxygens (including phenoxy) is 1. The number of hydrogen-bond donors (Lipinski definition) is 0. The Morgan fingerprint density at radius 3 is 2.57 bits per heavy atom. The average molecular weight is 253 g/mol. The topological polar surface area (TPSA) is 26.3 Å². The Morgan fingerprint density at radius 1 is 1.29 bits per heavy atom. The number of hydrogen-bond acceptors (Lipinski definition) is 2. The minimum atomic E-state index is -0.200. The van der Waals surface area contributed by atoms with E-state index in [4.69, 9.17) is 4.74 Å². The first kappa shape index (κ1) is 9.50. The Morgan fingerprint density at radius 2 is 2.00 bits per heavy atom. The van der Waals surface area contributed by atoms with Crippen LogP contribution < -0.4 is 4.46 Å². The van der Waals surface area contributed by atoms with Crippen molar-refractivity contribution < 1.29 is 9.53 Å². The van der Waals surface area contributed by atoms with Crippen LogP contribution in [-0.4, -0.2) is 27.5 Å². The van der Waals surface area contributed by atoms with Crippen LogP contribution in [0.1, 0.15) is 5.56 Å². The number of carbonyl (C=O) groups excluding carboxylic acids is 1. The van der Waals surface area contributed by atoms with Gasteiger partial charge in [-0.15, -0.1) is 0 Å². The molecule has 1 aromatic carbocycles. The molecule has 0 atom stereocenters. The van der Waals surface area contributed by atoms with E-state index in [2.05, 4.69) is 31.2 Å². The normalized spacial score (nSPS) is 15.2. The third kappa shape index (κ3) is 2.25. The molecule has 1 aliphatic heterocycles. The maximum atomic E-state index is 10.8. The molecule has 2 nitrogen and oxygen atoms in total. The molecule has 0 unspecified atom stereocenters. The van der Waals surface area contributed by atoms with Crippen molar-refractivity contribution in [1.82, 2.24) is 0 Å². The van der Waals surface area contributed by atoms with Crippen molar-refractivity contribution in [3.8, 4) is 0 Å². The molecule has 0 N–H and O–H groups in total. The van der Waals surface area contributed by atoms with E-state index >= 15 is 0 Å². The van der Waals surface area contributed by atoms with Crippen molar-refractivity contribution in [1.29, 1.82) is 0 Å². The van der Waals surface area contributed by atoms with Crippen LogP contribution in [0.25, 0.3) is 0 Å². The zero-order valence-electron chi connectivity index (χ0n) is 7.82. The van der Waals surface area contributed by atoms with E-state index in [1.165, 1.54) is 10.0 Å². The summed E-state index contributed by atoms with van der Waals surface area (Å²) in [7, 11) is 0. The van der Waals surface area contributed by atoms with Gasteiger partial charge in [-0.1, -0.05) is 0 Å². The first-order chi connectivity index (χ1) is 6.74. The summed E-state index contributed by atoms with van der Waals surface area (Å²) in [6.45, 7) is 2.55. The van der Waals surface area contributed by atoms with Crippen molar-refractivity contribution in [2.24, 2.45) is 0 Å². The van der Waals surface area contributed by atoms with E-state index in [1.54, 1.807) is 6.08 Å². The van der Waals surface area contributed by atoms with Gasteiger partial charge in [0, 0.05) is 0 Å². The van der Waals surface area contributed by atoms with Crippen molar-refractivity contribution in [3.05, 3.63) is 40.4 Å². The van der Waals surface area contributed by atoms with Gasteiger partial charge in [0.15, 0.2) is 0 Å². The Kier molecular flexibility index (Phi) is 2.71. The van der Waals surface area contributed by atoms with Crippen LogP contribution in [0, 0.1) is 6.92 Å². The zero-order chi connectivity index (χ0) is 9.97. The van der Waals surface area contributed by atoms with E-state index in [1.807, 2.05) is 0 Å². The Bertz CT molecular complexity index is 379. The van der Waals surface area contributed by atoms with Gasteiger partial charge in [-0.2, -0.15) is 0 Å². The fourth-order valence-corrected chi connectivity index (χ4v) is 2.95. The number of carbonyl (C=O) groups is 1. The van der Waals surface area contributed by atoms with Crippen molar-refractivity contribution in [2.75, 3.05) is 6.61 Å². The molecule has 0 bridgehead atoms. The molecule has 1 aliphatic rings. The summed E-state index contributed by atoms with van der Waals surface area (Å²) >= 11 is 0.236. The van der Waals surface area contributed by atoms with Crippen LogP contribution in [0.3, 0.4) is 0 Å². The van der Waals surface area contributed by atoms with Gasteiger partial charge >= 0.3 is 88.8 Å². The number of cyclic esters (lactones) is 1. The Hall–Kier alpha value is -1.05. The summed E-state index contributed by atoms with van der Waals surface area (Å²) in [5.41, 5.74) is 1.26. The Balaban J connectivity index is 2.08. The standard InChI is InChI=1S/C11H10O2Se/c1-8-2-4-9(5-3-8)14-10-6-11(12)13-7-10/h2-6H,7H2,1H3. The maximum absolute atomic E-state index is 10.8. The van der Waals surface area contributed by atoms with Crippen LogP contribution in [0.15, 0.2) is 34.8 Å². The first-order valence-corrected chi connectivity index (χ1v) is 6.07. The molecular weight excluding hydrogens is 243 g/mol. The van der Waals surface area contributed by atoms with Crippen molar-refractivity contribution in [3.63, 3.8) is 0 Å². The van der Waals surface area contributed by atoms with Gasteiger partial charge in [-0.3, -0.25) is 0 Å². The molecule has 0 aromatic heterocycles. The van der Waals surface area contributed by atoms with Gasteiger partial charge in [-0.25, -0.2) is 0 Å². The molecule has 0 fully saturated rings. The van der Waals surface area contributed by atoms with E-state index in [0.717, 1.165) is 4.47 Å². The van der Waals surface area contributed by atoms with Crippen LogP contribution in [0.4, 0.5) is 0 Å². The Labute approximate surface area is 89.1 Å². The van der Waals surface area contributed by atoms with Gasteiger partial charge < -0.3 is 0 Å². The van der Waals surface area contributed by atoms with Crippen LogP contribution in [0.2, 0.25) is 0 Å². The molecule has 1 heterocycles. The van der Waals surface area contributed by atoms with E-state index in [-0.39, 0.29) is 20.9 Å². The fourth-order valence-electron chi connectivity index (χ4n) is 1.17. The third-order valence-electron chi connectivity index (χ3n) is 1.91. The zero-order valence-corrected chi connectivity index (χ0v) is 9.53. The molecule has 0 saturated heterocycles. The summed E-state index contributed by atoms with van der Waals surface area (Å²) in [4.78, 5) is 10.8. The first-order valence-electron chi connectivity index (χ1n) is 4.36. The molecule has 0 spiro atoms. The second kappa shape index (κ2) is 3.99. The average Bonchev–Trinajstić information content (AvgIpc) is 2.56. The van der Waals surface area contributed by atoms with Gasteiger partial charge in [0.25, 0.3) is 0 Å². The molecule has 0 saturated carbocycles. The summed E-state index contributed by atoms with van der Waals surface area (Å²) in [6.07, 6.45) is 1.61. The van der Waals surface area contributed by atoms with Gasteiger partial charge in [0.2, 0.25) is 0 Å². The quantitative estimate of drug-likeness (QED) is 0.574. The molecule has 0 aliphatic carbocycles. The van der Waals surface area contributed by atoms with Gasteiger partial charge in [0.05, 0.1) is 0 Å². The molecule has 14 heavy (non-hydrogen) atoms. The number of esters is 1. The predicted octanol–water partition coefficient (Wildman–Crippen LogP) is 0.765. The van der Waals surface area contributed by atoms with Crippen LogP contribution >= 0.6 is 0 Å². The van der Waals surface area contributed by atoms with Crippen LogP contribution in [-0.2, 0) is 9.53 Å². The van der Waals surface area contributed by atoms with Gasteiger partial charge in [0.1, 0.15) is 0 Å². The molecule has 3 heteroatoms. The second-order valence-corrected chi connectivity index (χ2v) is 5.65. The summed E-state index contributed by atoms with van der Waals surface area (Å²) in [5, 5.41) is 0. The summed E-state index contributed by atoms with van der Waals surface area (Å²) < 4.78 is 7.25. The second-order valence-electron chi connectivity index (χ2n) is 3.13. The van der Waals surface area contributed by atoms with E-state index in [0.29, 0.717) is 6.61 Å². The number of rotatable bonds is 2. The van der Waals surface area contributed by atoms with Crippen molar-refractivity contribution >= 4 is 25.4 Å². The summed E-state index contributed by atoms with van der Waals surface area (Å²) in [6, 6.07) is 8.41. The fraction of sp³-hybridized carbons (Fsp3) is 0.182. The van der Waals surface area contributed by atoms with E-state index in [9.17, 15) is 4.79 Å². The molecular formula is C11H10O2Se. The number of aryl methyl sites for hydroxylation is 1. The van der Waals surface area contributed by atoms with Crippen molar-refractivity contribution in [2.45, 2.75) is 6.92 Å². The molecule has 0 radical (unpaired) electrons. The van der Waals surface area contributed by atoms with Crippen LogP contribution in [0.5, 0.6) is 0 Å². The molecule has 72 valence electrons. The molecule has 1 aromatic rings. The predicted molar refractivity (Wildman–Crippen MR) is 55.6 cm³/mol. The molecule has 2 rings (SSSR count). The van der Waals surface area contributed by atoms with Gasteiger partial charge in [-0.05, 0) is 0 Å². The third-order valence-corrected chi connectivity index (χ3v) is 4.02. The molecule has 0 amide bonds. The monoisotopic (exact) mass is 254 g/mol. The van der Waals surface area contributed by atoms with E-state index < -0.39 is 0 Å². The number of benzene rings is 1. The summed E-state index contributed by atoms with van der Waals surface area (Å²) in [5.74, 6) is -0.200.